The molecule has 2 amide bonds. The van der Waals surface area contributed by atoms with Gasteiger partial charge < -0.3 is 14.9 Å². The third-order valence-corrected chi connectivity index (χ3v) is 2.92. The van der Waals surface area contributed by atoms with Crippen molar-refractivity contribution in [2.24, 2.45) is 0 Å². The summed E-state index contributed by atoms with van der Waals surface area (Å²) in [4.78, 5) is 30.1. The highest BCUT2D eigenvalue weighted by Gasteiger charge is 2.38. The molecule has 0 aliphatic heterocycles. The monoisotopic (exact) mass is 269 g/mol. The summed E-state index contributed by atoms with van der Waals surface area (Å²) in [5.74, 6) is -0.504. The van der Waals surface area contributed by atoms with Gasteiger partial charge in [0.05, 0.1) is 6.54 Å². The average molecular weight is 269 g/mol. The first-order valence-corrected chi connectivity index (χ1v) is 5.91. The number of aromatic amines is 1. The number of nitrogens with one attached hydrogen (secondary N) is 1. The Morgan fingerprint density at radius 1 is 1.47 bits per heavy atom. The summed E-state index contributed by atoms with van der Waals surface area (Å²) >= 11 is 0. The molecule has 0 saturated carbocycles. The molecule has 0 saturated heterocycles. The van der Waals surface area contributed by atoms with Crippen LogP contribution in [0.3, 0.4) is 0 Å². The molecule has 0 radical (unpaired) electrons. The number of hydrogen-bond acceptors (Lipinski definition) is 4. The number of likely N-dealkylation sites (N-methyl/N-ethyl adjacent to an activating group) is 1. The van der Waals surface area contributed by atoms with E-state index in [4.69, 9.17) is 0 Å². The molecule has 8 nitrogen and oxygen atoms in total. The topological polar surface area (TPSA) is 102 Å². The Bertz CT molecular complexity index is 443. The number of amides is 2. The minimum Gasteiger partial charge on any atom is -0.480 e. The van der Waals surface area contributed by atoms with Crippen molar-refractivity contribution in [2.75, 3.05) is 13.6 Å². The van der Waals surface area contributed by atoms with Crippen molar-refractivity contribution in [1.82, 2.24) is 25.0 Å². The van der Waals surface area contributed by atoms with E-state index in [9.17, 15) is 14.7 Å². The van der Waals surface area contributed by atoms with Crippen LogP contribution >= 0.6 is 0 Å². The number of rotatable bonds is 5. The van der Waals surface area contributed by atoms with E-state index in [1.54, 1.807) is 14.0 Å². The maximum Gasteiger partial charge on any atom is 0.329 e. The number of aliphatic carboxylic acids is 1. The van der Waals surface area contributed by atoms with Gasteiger partial charge in [-0.25, -0.2) is 14.6 Å². The molecule has 0 aliphatic carbocycles. The zero-order valence-corrected chi connectivity index (χ0v) is 11.5. The van der Waals surface area contributed by atoms with Gasteiger partial charge in [-0.2, -0.15) is 5.10 Å². The molecule has 0 bridgehead atoms. The molecule has 1 heterocycles. The molecule has 0 unspecified atom stereocenters. The third kappa shape index (κ3) is 3.21. The van der Waals surface area contributed by atoms with Gasteiger partial charge in [-0.15, -0.1) is 0 Å². The molecule has 1 aromatic heterocycles. The zero-order chi connectivity index (χ0) is 14.6. The number of carbonyl (C=O) groups is 2. The highest BCUT2D eigenvalue weighted by atomic mass is 16.4. The van der Waals surface area contributed by atoms with Gasteiger partial charge in [-0.3, -0.25) is 5.10 Å². The van der Waals surface area contributed by atoms with Crippen LogP contribution in [0, 0.1) is 0 Å². The molecule has 0 aromatic carbocycles. The summed E-state index contributed by atoms with van der Waals surface area (Å²) in [6.45, 7) is 5.28. The van der Waals surface area contributed by atoms with Crippen molar-refractivity contribution in [1.29, 1.82) is 0 Å². The fraction of sp³-hybridized carbons (Fsp3) is 0.636. The van der Waals surface area contributed by atoms with Gasteiger partial charge in [0.25, 0.3) is 0 Å². The summed E-state index contributed by atoms with van der Waals surface area (Å²) in [5, 5.41) is 15.5. The van der Waals surface area contributed by atoms with Crippen LogP contribution in [0.4, 0.5) is 4.79 Å². The second-order valence-corrected chi connectivity index (χ2v) is 4.68. The minimum absolute atomic E-state index is 0.241. The normalized spacial score (nSPS) is 11.2. The Hall–Kier alpha value is -2.12. The second-order valence-electron chi connectivity index (χ2n) is 4.68. The number of H-pyrrole nitrogens is 1. The fourth-order valence-electron chi connectivity index (χ4n) is 1.69. The standard InChI is InChI=1S/C11H19N5O3/c1-5-16(11(2,3)9(17)18)10(19)15(4)6-8-12-7-13-14-8/h7H,5-6H2,1-4H3,(H,17,18)(H,12,13,14). The third-order valence-electron chi connectivity index (χ3n) is 2.92. The molecule has 2 N–H and O–H groups in total. The van der Waals surface area contributed by atoms with E-state index in [0.29, 0.717) is 12.4 Å². The molecule has 0 fully saturated rings. The minimum atomic E-state index is -1.26. The zero-order valence-electron chi connectivity index (χ0n) is 11.5. The van der Waals surface area contributed by atoms with Crippen LogP contribution in [0.25, 0.3) is 0 Å². The molecule has 19 heavy (non-hydrogen) atoms. The summed E-state index contributed by atoms with van der Waals surface area (Å²) in [7, 11) is 1.59. The van der Waals surface area contributed by atoms with Gasteiger partial charge >= 0.3 is 12.0 Å². The van der Waals surface area contributed by atoms with Crippen LogP contribution in [-0.4, -0.2) is 61.2 Å². The maximum atomic E-state index is 12.3. The molecule has 1 rings (SSSR count). The smallest absolute Gasteiger partial charge is 0.329 e. The van der Waals surface area contributed by atoms with Gasteiger partial charge in [0.2, 0.25) is 0 Å². The van der Waals surface area contributed by atoms with Gasteiger partial charge in [0, 0.05) is 13.6 Å². The number of hydrogen-bond donors (Lipinski definition) is 2. The van der Waals surface area contributed by atoms with Gasteiger partial charge in [-0.05, 0) is 20.8 Å². The first-order chi connectivity index (χ1) is 8.80. The molecule has 0 aliphatic rings. The highest BCUT2D eigenvalue weighted by Crippen LogP contribution is 2.17. The molecule has 0 spiro atoms. The van der Waals surface area contributed by atoms with Crippen molar-refractivity contribution >= 4 is 12.0 Å². The lowest BCUT2D eigenvalue weighted by Crippen LogP contribution is -2.56. The summed E-state index contributed by atoms with van der Waals surface area (Å²) in [6.07, 6.45) is 1.35. The van der Waals surface area contributed by atoms with E-state index < -0.39 is 11.5 Å². The molecular formula is C11H19N5O3. The molecule has 1 aromatic rings. The Morgan fingerprint density at radius 3 is 2.53 bits per heavy atom. The lowest BCUT2D eigenvalue weighted by Gasteiger charge is -2.36. The number of carboxylic acids is 1. The van der Waals surface area contributed by atoms with Crippen LogP contribution in [0.15, 0.2) is 6.33 Å². The maximum absolute atomic E-state index is 12.3. The van der Waals surface area contributed by atoms with Crippen molar-refractivity contribution in [2.45, 2.75) is 32.9 Å². The summed E-state index contributed by atoms with van der Waals surface area (Å²) in [5.41, 5.74) is -1.26. The van der Waals surface area contributed by atoms with Crippen molar-refractivity contribution < 1.29 is 14.7 Å². The van der Waals surface area contributed by atoms with Crippen LogP contribution in [0.2, 0.25) is 0 Å². The van der Waals surface area contributed by atoms with E-state index in [-0.39, 0.29) is 12.6 Å². The quantitative estimate of drug-likeness (QED) is 0.812. The Labute approximate surface area is 111 Å². The first kappa shape index (κ1) is 14.9. The lowest BCUT2D eigenvalue weighted by molar-refractivity contribution is -0.147. The van der Waals surface area contributed by atoms with E-state index in [1.165, 1.54) is 30.0 Å². The highest BCUT2D eigenvalue weighted by molar-refractivity contribution is 5.85. The predicted octanol–water partition coefficient (Wildman–Crippen LogP) is 0.542. The fourth-order valence-corrected chi connectivity index (χ4v) is 1.69. The van der Waals surface area contributed by atoms with Gasteiger partial charge in [0.15, 0.2) is 0 Å². The molecule has 0 atom stereocenters. The SMILES string of the molecule is CCN(C(=O)N(C)Cc1ncn[nH]1)C(C)(C)C(=O)O. The summed E-state index contributed by atoms with van der Waals surface area (Å²) < 4.78 is 0. The largest absolute Gasteiger partial charge is 0.480 e. The van der Waals surface area contributed by atoms with E-state index in [2.05, 4.69) is 15.2 Å². The van der Waals surface area contributed by atoms with E-state index in [1.807, 2.05) is 0 Å². The summed E-state index contributed by atoms with van der Waals surface area (Å²) in [6, 6.07) is -0.369. The molecule has 8 heteroatoms. The van der Waals surface area contributed by atoms with E-state index in [0.717, 1.165) is 0 Å². The molecule has 106 valence electrons. The second kappa shape index (κ2) is 5.68. The Kier molecular flexibility index (Phi) is 4.47. The lowest BCUT2D eigenvalue weighted by atomic mass is 10.0. The van der Waals surface area contributed by atoms with Crippen molar-refractivity contribution in [3.63, 3.8) is 0 Å². The first-order valence-electron chi connectivity index (χ1n) is 5.91. The Balaban J connectivity index is 2.81. The number of urea groups is 1. The number of nitrogens with zero attached hydrogens (tertiary/aromatic N) is 4. The van der Waals surface area contributed by atoms with E-state index >= 15 is 0 Å². The van der Waals surface area contributed by atoms with Gasteiger partial charge in [0.1, 0.15) is 17.7 Å². The number of aromatic nitrogens is 3. The van der Waals surface area contributed by atoms with Gasteiger partial charge in [-0.1, -0.05) is 0 Å². The average Bonchev–Trinajstić information content (AvgIpc) is 2.81. The molecular weight excluding hydrogens is 250 g/mol. The number of carboxylic acid groups (broad SMARTS) is 1. The predicted molar refractivity (Wildman–Crippen MR) is 67.3 cm³/mol. The number of carbonyl (C=O) groups excluding carboxylic acids is 1. The van der Waals surface area contributed by atoms with Crippen LogP contribution in [-0.2, 0) is 11.3 Å². The van der Waals surface area contributed by atoms with Crippen LogP contribution in [0.5, 0.6) is 0 Å². The van der Waals surface area contributed by atoms with Crippen molar-refractivity contribution in [3.05, 3.63) is 12.2 Å². The van der Waals surface area contributed by atoms with Crippen LogP contribution in [0.1, 0.15) is 26.6 Å². The van der Waals surface area contributed by atoms with Crippen LogP contribution < -0.4 is 0 Å². The van der Waals surface area contributed by atoms with Crippen molar-refractivity contribution in [3.8, 4) is 0 Å². The Morgan fingerprint density at radius 2 is 2.11 bits per heavy atom.